The van der Waals surface area contributed by atoms with Crippen LogP contribution in [-0.2, 0) is 10.2 Å². The Kier molecular flexibility index (Phi) is 4.91. The summed E-state index contributed by atoms with van der Waals surface area (Å²) in [6, 6.07) is 8.38. The minimum Gasteiger partial charge on any atom is -0.497 e. The molecule has 1 saturated carbocycles. The third-order valence-electron chi connectivity index (χ3n) is 7.12. The number of aryl methyl sites for hydroxylation is 1. The van der Waals surface area contributed by atoms with Crippen molar-refractivity contribution < 1.29 is 14.3 Å². The van der Waals surface area contributed by atoms with Crippen LogP contribution < -0.4 is 10.1 Å². The molecule has 2 aromatic rings. The van der Waals surface area contributed by atoms with Crippen LogP contribution in [0.2, 0.25) is 0 Å². The second-order valence-electron chi connectivity index (χ2n) is 9.09. The van der Waals surface area contributed by atoms with Gasteiger partial charge in [0.15, 0.2) is 0 Å². The SMILES string of the molecule is COc1ccc(C2(C(=O)N3[C@@H]4CC[C@H]3CC(NC(=O)c3cnc(C)cn3)C4)CC2)cc1. The Bertz CT molecular complexity index is 971. The first kappa shape index (κ1) is 20.0. The number of carbonyl (C=O) groups excluding carboxylic acids is 2. The van der Waals surface area contributed by atoms with E-state index >= 15 is 0 Å². The van der Waals surface area contributed by atoms with E-state index in [1.54, 1.807) is 13.3 Å². The highest BCUT2D eigenvalue weighted by atomic mass is 16.5. The second kappa shape index (κ2) is 7.62. The molecule has 3 fully saturated rings. The molecule has 3 heterocycles. The van der Waals surface area contributed by atoms with E-state index in [2.05, 4.69) is 20.2 Å². The number of methoxy groups -OCH3 is 1. The van der Waals surface area contributed by atoms with Crippen LogP contribution >= 0.6 is 0 Å². The van der Waals surface area contributed by atoms with Gasteiger partial charge in [0.1, 0.15) is 11.4 Å². The normalized spacial score (nSPS) is 25.7. The number of ether oxygens (including phenoxy) is 1. The van der Waals surface area contributed by atoms with Crippen LogP contribution in [0, 0.1) is 6.92 Å². The number of piperidine rings is 1. The lowest BCUT2D eigenvalue weighted by Crippen LogP contribution is -2.54. The van der Waals surface area contributed by atoms with Gasteiger partial charge in [0.05, 0.1) is 24.4 Å². The largest absolute Gasteiger partial charge is 0.497 e. The molecule has 1 unspecified atom stereocenters. The number of carbonyl (C=O) groups is 2. The van der Waals surface area contributed by atoms with Crippen LogP contribution in [0.25, 0.3) is 0 Å². The number of nitrogens with one attached hydrogen (secondary N) is 1. The van der Waals surface area contributed by atoms with Crippen LogP contribution in [0.15, 0.2) is 36.7 Å². The molecule has 1 aromatic heterocycles. The zero-order chi connectivity index (χ0) is 21.6. The van der Waals surface area contributed by atoms with Crippen molar-refractivity contribution in [3.8, 4) is 5.75 Å². The summed E-state index contributed by atoms with van der Waals surface area (Å²) < 4.78 is 5.27. The maximum absolute atomic E-state index is 13.7. The van der Waals surface area contributed by atoms with Gasteiger partial charge in [0, 0.05) is 24.3 Å². The molecular weight excluding hydrogens is 392 g/mol. The molecule has 7 nitrogen and oxygen atoms in total. The van der Waals surface area contributed by atoms with E-state index < -0.39 is 0 Å². The molecule has 1 aromatic carbocycles. The number of rotatable bonds is 5. The standard InChI is InChI=1S/C24H28N4O3/c1-15-13-26-21(14-25-15)22(29)27-17-11-18-5-6-19(12-17)28(18)23(30)24(9-10-24)16-3-7-20(31-2)8-4-16/h3-4,7-8,13-14,17-19H,5-6,9-12H2,1-2H3,(H,27,29)/t17?,18-,19+. The van der Waals surface area contributed by atoms with Crippen molar-refractivity contribution in [2.24, 2.45) is 0 Å². The number of hydrogen-bond acceptors (Lipinski definition) is 5. The molecular formula is C24H28N4O3. The van der Waals surface area contributed by atoms with Crippen molar-refractivity contribution >= 4 is 11.8 Å². The van der Waals surface area contributed by atoms with E-state index in [4.69, 9.17) is 4.74 Å². The smallest absolute Gasteiger partial charge is 0.271 e. The predicted octanol–water partition coefficient (Wildman–Crippen LogP) is 2.78. The van der Waals surface area contributed by atoms with Gasteiger partial charge < -0.3 is 15.0 Å². The lowest BCUT2D eigenvalue weighted by Gasteiger charge is -2.41. The van der Waals surface area contributed by atoms with Gasteiger partial charge in [-0.15, -0.1) is 0 Å². The third-order valence-corrected chi connectivity index (χ3v) is 7.12. The highest BCUT2D eigenvalue weighted by molar-refractivity contribution is 5.93. The van der Waals surface area contributed by atoms with Gasteiger partial charge in [-0.1, -0.05) is 12.1 Å². The monoisotopic (exact) mass is 420 g/mol. The quantitative estimate of drug-likeness (QED) is 0.804. The topological polar surface area (TPSA) is 84.4 Å². The summed E-state index contributed by atoms with van der Waals surface area (Å²) in [6.07, 6.45) is 8.54. The van der Waals surface area contributed by atoms with Crippen molar-refractivity contribution in [2.75, 3.05) is 7.11 Å². The Morgan fingerprint density at radius 1 is 1.06 bits per heavy atom. The Hall–Kier alpha value is -2.96. The molecule has 0 radical (unpaired) electrons. The van der Waals surface area contributed by atoms with Crippen molar-refractivity contribution in [1.29, 1.82) is 0 Å². The zero-order valence-corrected chi connectivity index (χ0v) is 18.0. The minimum absolute atomic E-state index is 0.0632. The van der Waals surface area contributed by atoms with Crippen LogP contribution in [0.3, 0.4) is 0 Å². The van der Waals surface area contributed by atoms with Crippen molar-refractivity contribution in [3.63, 3.8) is 0 Å². The van der Waals surface area contributed by atoms with Gasteiger partial charge in [-0.3, -0.25) is 14.6 Å². The average molecular weight is 421 g/mol. The molecule has 7 heteroatoms. The number of benzene rings is 1. The van der Waals surface area contributed by atoms with Crippen LogP contribution in [0.1, 0.15) is 60.3 Å². The number of amides is 2. The molecule has 1 N–H and O–H groups in total. The predicted molar refractivity (Wildman–Crippen MR) is 115 cm³/mol. The van der Waals surface area contributed by atoms with Crippen LogP contribution in [0.5, 0.6) is 5.75 Å². The van der Waals surface area contributed by atoms with E-state index in [-0.39, 0.29) is 35.4 Å². The average Bonchev–Trinajstić information content (AvgIpc) is 3.55. The van der Waals surface area contributed by atoms with Crippen LogP contribution in [0.4, 0.5) is 0 Å². The number of nitrogens with zero attached hydrogens (tertiary/aromatic N) is 3. The van der Waals surface area contributed by atoms with Gasteiger partial charge in [-0.2, -0.15) is 0 Å². The highest BCUT2D eigenvalue weighted by Crippen LogP contribution is 2.52. The van der Waals surface area contributed by atoms with Crippen molar-refractivity contribution in [1.82, 2.24) is 20.2 Å². The molecule has 162 valence electrons. The van der Waals surface area contributed by atoms with Gasteiger partial charge in [0.2, 0.25) is 5.91 Å². The van der Waals surface area contributed by atoms with Gasteiger partial charge in [-0.25, -0.2) is 4.98 Å². The van der Waals surface area contributed by atoms with Gasteiger partial charge in [0.25, 0.3) is 5.91 Å². The van der Waals surface area contributed by atoms with Gasteiger partial charge in [-0.05, 0) is 63.1 Å². The van der Waals surface area contributed by atoms with E-state index in [1.807, 2.05) is 31.2 Å². The fourth-order valence-corrected chi connectivity index (χ4v) is 5.30. The summed E-state index contributed by atoms with van der Waals surface area (Å²) in [7, 11) is 1.65. The fraction of sp³-hybridized carbons (Fsp3) is 0.500. The summed E-state index contributed by atoms with van der Waals surface area (Å²) in [5.74, 6) is 0.884. The summed E-state index contributed by atoms with van der Waals surface area (Å²) >= 11 is 0. The maximum atomic E-state index is 13.7. The first-order valence-electron chi connectivity index (χ1n) is 11.1. The maximum Gasteiger partial charge on any atom is 0.271 e. The van der Waals surface area contributed by atoms with Crippen LogP contribution in [-0.4, -0.2) is 51.9 Å². The first-order valence-corrected chi connectivity index (χ1v) is 11.1. The van der Waals surface area contributed by atoms with E-state index in [0.717, 1.165) is 55.5 Å². The summed E-state index contributed by atoms with van der Waals surface area (Å²) in [5.41, 5.74) is 1.84. The lowest BCUT2D eigenvalue weighted by atomic mass is 9.90. The molecule has 2 saturated heterocycles. The fourth-order valence-electron chi connectivity index (χ4n) is 5.30. The highest BCUT2D eigenvalue weighted by Gasteiger charge is 2.57. The molecule has 3 atom stereocenters. The Morgan fingerprint density at radius 2 is 1.74 bits per heavy atom. The molecule has 1 aliphatic carbocycles. The van der Waals surface area contributed by atoms with E-state index in [9.17, 15) is 9.59 Å². The molecule has 3 aliphatic rings. The number of hydrogen-bond donors (Lipinski definition) is 1. The summed E-state index contributed by atoms with van der Waals surface area (Å²) in [4.78, 5) is 36.7. The Labute approximate surface area is 182 Å². The van der Waals surface area contributed by atoms with Gasteiger partial charge >= 0.3 is 0 Å². The summed E-state index contributed by atoms with van der Waals surface area (Å²) in [6.45, 7) is 1.84. The second-order valence-corrected chi connectivity index (χ2v) is 9.09. The Balaban J connectivity index is 1.27. The molecule has 0 spiro atoms. The zero-order valence-electron chi connectivity index (χ0n) is 18.0. The molecule has 31 heavy (non-hydrogen) atoms. The summed E-state index contributed by atoms with van der Waals surface area (Å²) in [5, 5.41) is 3.12. The van der Waals surface area contributed by atoms with Crippen molar-refractivity contribution in [3.05, 3.63) is 53.6 Å². The van der Waals surface area contributed by atoms with E-state index in [0.29, 0.717) is 5.69 Å². The first-order chi connectivity index (χ1) is 15.0. The van der Waals surface area contributed by atoms with Crippen molar-refractivity contribution in [2.45, 2.75) is 69.0 Å². The third kappa shape index (κ3) is 3.56. The molecule has 5 rings (SSSR count). The molecule has 2 amide bonds. The molecule has 2 aliphatic heterocycles. The minimum atomic E-state index is -0.374. The lowest BCUT2D eigenvalue weighted by molar-refractivity contribution is -0.138. The number of fused-ring (bicyclic) bond motifs is 2. The Morgan fingerprint density at radius 3 is 2.29 bits per heavy atom. The number of aromatic nitrogens is 2. The molecule has 2 bridgehead atoms. The van der Waals surface area contributed by atoms with E-state index in [1.165, 1.54) is 6.20 Å².